The van der Waals surface area contributed by atoms with Gasteiger partial charge in [-0.1, -0.05) is 42.5 Å². The van der Waals surface area contributed by atoms with Gasteiger partial charge in [0.2, 0.25) is 0 Å². The number of fused-ring (bicyclic) bond motifs is 1. The summed E-state index contributed by atoms with van der Waals surface area (Å²) in [5, 5.41) is 0. The Morgan fingerprint density at radius 3 is 2.53 bits per heavy atom. The van der Waals surface area contributed by atoms with Crippen LogP contribution in [0.4, 0.5) is 5.69 Å². The van der Waals surface area contributed by atoms with Crippen LogP contribution in [0.5, 0.6) is 0 Å². The Kier molecular flexibility index (Phi) is 3.32. The van der Waals surface area contributed by atoms with E-state index in [9.17, 15) is 4.79 Å². The molecule has 1 heterocycles. The number of anilines is 1. The van der Waals surface area contributed by atoms with Gasteiger partial charge in [-0.05, 0) is 24.1 Å². The van der Waals surface area contributed by atoms with Crippen molar-refractivity contribution < 1.29 is 4.79 Å². The molecule has 0 aromatic heterocycles. The summed E-state index contributed by atoms with van der Waals surface area (Å²) in [6, 6.07) is 18.4. The standard InChI is InChI=1S/C17H17NO/c19-17-11-6-12-18(13-14-7-2-1-3-8-14)16-10-5-4-9-15(16)17/h1-5,7-10H,6,11-13H2. The highest BCUT2D eigenvalue weighted by Crippen LogP contribution is 2.27. The Hall–Kier alpha value is -2.09. The molecule has 0 saturated carbocycles. The normalized spacial score (nSPS) is 14.9. The lowest BCUT2D eigenvalue weighted by Gasteiger charge is -2.24. The molecule has 0 N–H and O–H groups in total. The van der Waals surface area contributed by atoms with E-state index in [1.165, 1.54) is 5.56 Å². The predicted octanol–water partition coefficient (Wildman–Crippen LogP) is 3.67. The molecule has 0 atom stereocenters. The molecule has 2 aromatic carbocycles. The predicted molar refractivity (Wildman–Crippen MR) is 77.5 cm³/mol. The fourth-order valence-corrected chi connectivity index (χ4v) is 2.64. The van der Waals surface area contributed by atoms with Crippen molar-refractivity contribution in [2.75, 3.05) is 11.4 Å². The van der Waals surface area contributed by atoms with E-state index in [2.05, 4.69) is 35.2 Å². The Morgan fingerprint density at radius 2 is 1.68 bits per heavy atom. The molecule has 0 unspecified atom stereocenters. The van der Waals surface area contributed by atoms with Crippen LogP contribution in [0, 0.1) is 0 Å². The quantitative estimate of drug-likeness (QED) is 0.811. The topological polar surface area (TPSA) is 20.3 Å². The third-order valence-electron chi connectivity index (χ3n) is 3.59. The van der Waals surface area contributed by atoms with Crippen LogP contribution in [-0.4, -0.2) is 12.3 Å². The highest BCUT2D eigenvalue weighted by Gasteiger charge is 2.20. The lowest BCUT2D eigenvalue weighted by atomic mass is 10.1. The fraction of sp³-hybridized carbons (Fsp3) is 0.235. The first-order valence-electron chi connectivity index (χ1n) is 6.76. The summed E-state index contributed by atoms with van der Waals surface area (Å²) in [6.45, 7) is 1.81. The maximum atomic E-state index is 12.1. The van der Waals surface area contributed by atoms with Crippen molar-refractivity contribution in [1.82, 2.24) is 0 Å². The van der Waals surface area contributed by atoms with Crippen LogP contribution < -0.4 is 4.90 Å². The number of benzene rings is 2. The second kappa shape index (κ2) is 5.27. The minimum atomic E-state index is 0.270. The summed E-state index contributed by atoms with van der Waals surface area (Å²) >= 11 is 0. The third-order valence-corrected chi connectivity index (χ3v) is 3.59. The summed E-state index contributed by atoms with van der Waals surface area (Å²) in [6.07, 6.45) is 1.59. The second-order valence-corrected chi connectivity index (χ2v) is 4.95. The van der Waals surface area contributed by atoms with Crippen molar-refractivity contribution in [1.29, 1.82) is 0 Å². The van der Waals surface area contributed by atoms with Gasteiger partial charge < -0.3 is 4.90 Å². The molecule has 3 rings (SSSR count). The summed E-state index contributed by atoms with van der Waals surface area (Å²) in [5.74, 6) is 0.270. The summed E-state index contributed by atoms with van der Waals surface area (Å²) < 4.78 is 0. The molecule has 1 aliphatic heterocycles. The smallest absolute Gasteiger partial charge is 0.165 e. The van der Waals surface area contributed by atoms with Crippen LogP contribution in [0.25, 0.3) is 0 Å². The van der Waals surface area contributed by atoms with E-state index < -0.39 is 0 Å². The van der Waals surface area contributed by atoms with Crippen LogP contribution in [0.15, 0.2) is 54.6 Å². The first-order chi connectivity index (χ1) is 9.34. The largest absolute Gasteiger partial charge is 0.367 e. The van der Waals surface area contributed by atoms with Crippen molar-refractivity contribution >= 4 is 11.5 Å². The highest BCUT2D eigenvalue weighted by molar-refractivity contribution is 6.01. The van der Waals surface area contributed by atoms with Gasteiger partial charge >= 0.3 is 0 Å². The Balaban J connectivity index is 1.93. The molecule has 0 saturated heterocycles. The number of rotatable bonds is 2. The van der Waals surface area contributed by atoms with E-state index >= 15 is 0 Å². The number of ketones is 1. The van der Waals surface area contributed by atoms with Gasteiger partial charge in [0.25, 0.3) is 0 Å². The zero-order chi connectivity index (χ0) is 13.1. The van der Waals surface area contributed by atoms with E-state index in [1.54, 1.807) is 0 Å². The number of hydrogen-bond acceptors (Lipinski definition) is 2. The third kappa shape index (κ3) is 2.53. The number of Topliss-reactive ketones (excluding diaryl/α,β-unsaturated/α-hetero) is 1. The SMILES string of the molecule is O=C1CCCN(Cc2ccccc2)c2ccccc21. The summed E-state index contributed by atoms with van der Waals surface area (Å²) in [4.78, 5) is 14.4. The average Bonchev–Trinajstić information content (AvgIpc) is 2.61. The molecule has 0 amide bonds. The Morgan fingerprint density at radius 1 is 0.947 bits per heavy atom. The van der Waals surface area contributed by atoms with E-state index in [-0.39, 0.29) is 5.78 Å². The van der Waals surface area contributed by atoms with Crippen LogP contribution >= 0.6 is 0 Å². The fourth-order valence-electron chi connectivity index (χ4n) is 2.64. The summed E-state index contributed by atoms with van der Waals surface area (Å²) in [7, 11) is 0. The minimum absolute atomic E-state index is 0.270. The van der Waals surface area contributed by atoms with Crippen LogP contribution in [0.3, 0.4) is 0 Å². The van der Waals surface area contributed by atoms with Gasteiger partial charge in [0, 0.05) is 30.8 Å². The minimum Gasteiger partial charge on any atom is -0.367 e. The van der Waals surface area contributed by atoms with Gasteiger partial charge in [-0.25, -0.2) is 0 Å². The number of nitrogens with zero attached hydrogens (tertiary/aromatic N) is 1. The maximum Gasteiger partial charge on any atom is 0.165 e. The number of para-hydroxylation sites is 1. The second-order valence-electron chi connectivity index (χ2n) is 4.95. The molecule has 2 aromatic rings. The van der Waals surface area contributed by atoms with E-state index in [0.29, 0.717) is 6.42 Å². The monoisotopic (exact) mass is 251 g/mol. The first kappa shape index (κ1) is 12.0. The van der Waals surface area contributed by atoms with Crippen molar-refractivity contribution in [3.63, 3.8) is 0 Å². The molecule has 0 aliphatic carbocycles. The maximum absolute atomic E-state index is 12.1. The molecule has 1 aliphatic rings. The van der Waals surface area contributed by atoms with Crippen molar-refractivity contribution in [2.45, 2.75) is 19.4 Å². The lowest BCUT2D eigenvalue weighted by molar-refractivity contribution is 0.0984. The first-order valence-corrected chi connectivity index (χ1v) is 6.76. The molecule has 0 spiro atoms. The molecule has 96 valence electrons. The van der Waals surface area contributed by atoms with Crippen molar-refractivity contribution in [3.8, 4) is 0 Å². The van der Waals surface area contributed by atoms with Crippen LogP contribution in [0.1, 0.15) is 28.8 Å². The number of hydrogen-bond donors (Lipinski definition) is 0. The molecule has 0 fully saturated rings. The van der Waals surface area contributed by atoms with Gasteiger partial charge in [-0.2, -0.15) is 0 Å². The molecular formula is C17H17NO. The molecule has 2 nitrogen and oxygen atoms in total. The molecule has 19 heavy (non-hydrogen) atoms. The van der Waals surface area contributed by atoms with E-state index in [1.807, 2.05) is 24.3 Å². The van der Waals surface area contributed by atoms with Gasteiger partial charge in [-0.15, -0.1) is 0 Å². The van der Waals surface area contributed by atoms with E-state index in [0.717, 1.165) is 30.8 Å². The number of carbonyl (C=O) groups is 1. The zero-order valence-electron chi connectivity index (χ0n) is 10.9. The van der Waals surface area contributed by atoms with Gasteiger partial charge in [0.05, 0.1) is 0 Å². The van der Waals surface area contributed by atoms with Crippen molar-refractivity contribution in [3.05, 3.63) is 65.7 Å². The zero-order valence-corrected chi connectivity index (χ0v) is 10.9. The van der Waals surface area contributed by atoms with Crippen LogP contribution in [-0.2, 0) is 6.54 Å². The average molecular weight is 251 g/mol. The molecule has 0 bridgehead atoms. The van der Waals surface area contributed by atoms with Crippen molar-refractivity contribution in [2.24, 2.45) is 0 Å². The van der Waals surface area contributed by atoms with E-state index in [4.69, 9.17) is 0 Å². The molecular weight excluding hydrogens is 234 g/mol. The Bertz CT molecular complexity index is 577. The van der Waals surface area contributed by atoms with Crippen LogP contribution in [0.2, 0.25) is 0 Å². The Labute approximate surface area is 113 Å². The van der Waals surface area contributed by atoms with Gasteiger partial charge in [-0.3, -0.25) is 4.79 Å². The summed E-state index contributed by atoms with van der Waals surface area (Å²) in [5.41, 5.74) is 3.23. The molecule has 2 heteroatoms. The number of carbonyl (C=O) groups excluding carboxylic acids is 1. The highest BCUT2D eigenvalue weighted by atomic mass is 16.1. The van der Waals surface area contributed by atoms with Gasteiger partial charge in [0.1, 0.15) is 0 Å². The lowest BCUT2D eigenvalue weighted by Crippen LogP contribution is -2.23. The molecule has 0 radical (unpaired) electrons. The van der Waals surface area contributed by atoms with Gasteiger partial charge in [0.15, 0.2) is 5.78 Å².